The minimum atomic E-state index is 0.182. The van der Waals surface area contributed by atoms with E-state index < -0.39 is 0 Å². The second-order valence-corrected chi connectivity index (χ2v) is 4.85. The van der Waals surface area contributed by atoms with Crippen molar-refractivity contribution in [2.45, 2.75) is 19.4 Å². The molecule has 1 aromatic carbocycles. The van der Waals surface area contributed by atoms with Gasteiger partial charge in [0.2, 0.25) is 0 Å². The van der Waals surface area contributed by atoms with Crippen LogP contribution in [-0.2, 0) is 4.74 Å². The Balaban J connectivity index is 1.91. The molecule has 1 aliphatic heterocycles. The van der Waals surface area contributed by atoms with Gasteiger partial charge in [0.25, 0.3) is 0 Å². The molecule has 0 bridgehead atoms. The third-order valence-corrected chi connectivity index (χ3v) is 3.56. The number of ether oxygens (including phenoxy) is 2. The van der Waals surface area contributed by atoms with Gasteiger partial charge >= 0.3 is 0 Å². The molecule has 0 N–H and O–H groups in total. The Hall–Kier alpha value is -1.39. The van der Waals surface area contributed by atoms with Crippen LogP contribution in [0, 0.1) is 0 Å². The summed E-state index contributed by atoms with van der Waals surface area (Å²) in [5, 5.41) is 0. The number of hydrogen-bond donors (Lipinski definition) is 0. The van der Waals surface area contributed by atoms with Gasteiger partial charge < -0.3 is 9.47 Å². The number of ketones is 1. The van der Waals surface area contributed by atoms with Crippen molar-refractivity contribution < 1.29 is 14.3 Å². The monoisotopic (exact) mass is 263 g/mol. The molecule has 4 heteroatoms. The first kappa shape index (κ1) is 14.0. The number of Topliss-reactive ketones (excluding diaryl/α,β-unsaturated/α-hetero) is 1. The zero-order valence-electron chi connectivity index (χ0n) is 11.6. The Morgan fingerprint density at radius 3 is 2.53 bits per heavy atom. The first-order chi connectivity index (χ1) is 9.20. The van der Waals surface area contributed by atoms with Gasteiger partial charge in [-0.1, -0.05) is 0 Å². The maximum absolute atomic E-state index is 12.2. The average Bonchev–Trinajstić information content (AvgIpc) is 2.48. The summed E-state index contributed by atoms with van der Waals surface area (Å²) in [6.45, 7) is 5.46. The molecule has 1 atom stereocenters. The van der Waals surface area contributed by atoms with E-state index in [0.717, 1.165) is 37.6 Å². The lowest BCUT2D eigenvalue weighted by Gasteiger charge is -2.31. The van der Waals surface area contributed by atoms with Crippen LogP contribution in [0.2, 0.25) is 0 Å². The van der Waals surface area contributed by atoms with Gasteiger partial charge in [-0.2, -0.15) is 0 Å². The predicted octanol–water partition coefficient (Wildman–Crippen LogP) is 1.99. The molecule has 19 heavy (non-hydrogen) atoms. The molecule has 104 valence electrons. The molecule has 0 amide bonds. The van der Waals surface area contributed by atoms with Gasteiger partial charge in [-0.3, -0.25) is 9.69 Å². The number of carbonyl (C=O) groups is 1. The van der Waals surface area contributed by atoms with E-state index >= 15 is 0 Å². The molecular weight excluding hydrogens is 242 g/mol. The molecule has 0 aromatic heterocycles. The molecule has 0 saturated carbocycles. The van der Waals surface area contributed by atoms with Crippen molar-refractivity contribution in [3.63, 3.8) is 0 Å². The van der Waals surface area contributed by atoms with E-state index in [-0.39, 0.29) is 11.8 Å². The van der Waals surface area contributed by atoms with Crippen LogP contribution in [-0.4, -0.2) is 50.1 Å². The molecule has 1 heterocycles. The molecular formula is C15H21NO3. The fraction of sp³-hybridized carbons (Fsp3) is 0.533. The van der Waals surface area contributed by atoms with Crippen LogP contribution < -0.4 is 4.74 Å². The van der Waals surface area contributed by atoms with E-state index in [4.69, 9.17) is 9.47 Å². The third kappa shape index (κ3) is 3.78. The van der Waals surface area contributed by atoms with Crippen LogP contribution in [0.5, 0.6) is 5.75 Å². The second-order valence-electron chi connectivity index (χ2n) is 4.85. The van der Waals surface area contributed by atoms with Crippen molar-refractivity contribution in [2.75, 3.05) is 33.4 Å². The Morgan fingerprint density at radius 1 is 1.32 bits per heavy atom. The number of morpholine rings is 1. The third-order valence-electron chi connectivity index (χ3n) is 3.56. The molecule has 1 aromatic rings. The first-order valence-electron chi connectivity index (χ1n) is 6.70. The van der Waals surface area contributed by atoms with Gasteiger partial charge in [0, 0.05) is 31.1 Å². The summed E-state index contributed by atoms with van der Waals surface area (Å²) in [7, 11) is 1.62. The summed E-state index contributed by atoms with van der Waals surface area (Å²) in [5.41, 5.74) is 0.751. The highest BCUT2D eigenvalue weighted by Gasteiger charge is 2.20. The van der Waals surface area contributed by atoms with Crippen molar-refractivity contribution in [2.24, 2.45) is 0 Å². The lowest BCUT2D eigenvalue weighted by Crippen LogP contribution is -2.42. The molecule has 4 nitrogen and oxygen atoms in total. The van der Waals surface area contributed by atoms with E-state index in [0.29, 0.717) is 6.42 Å². The normalized spacial score (nSPS) is 18.0. The van der Waals surface area contributed by atoms with Gasteiger partial charge in [0.1, 0.15) is 5.75 Å². The highest BCUT2D eigenvalue weighted by molar-refractivity contribution is 5.96. The van der Waals surface area contributed by atoms with Crippen LogP contribution >= 0.6 is 0 Å². The largest absolute Gasteiger partial charge is 0.497 e. The van der Waals surface area contributed by atoms with Crippen LogP contribution in [0.15, 0.2) is 24.3 Å². The standard InChI is InChI=1S/C15H21NO3/c1-12(16-7-9-19-10-8-16)11-15(17)13-3-5-14(18-2)6-4-13/h3-6,12H,7-11H2,1-2H3. The van der Waals surface area contributed by atoms with E-state index in [1.807, 2.05) is 24.3 Å². The smallest absolute Gasteiger partial charge is 0.164 e. The average molecular weight is 263 g/mol. The highest BCUT2D eigenvalue weighted by Crippen LogP contribution is 2.15. The Morgan fingerprint density at radius 2 is 1.95 bits per heavy atom. The molecule has 1 unspecified atom stereocenters. The fourth-order valence-corrected chi connectivity index (χ4v) is 2.31. The topological polar surface area (TPSA) is 38.8 Å². The zero-order valence-corrected chi connectivity index (χ0v) is 11.6. The summed E-state index contributed by atoms with van der Waals surface area (Å²) < 4.78 is 10.4. The minimum absolute atomic E-state index is 0.182. The second kappa shape index (κ2) is 6.68. The molecule has 1 saturated heterocycles. The Labute approximate surface area is 114 Å². The van der Waals surface area contributed by atoms with Crippen molar-refractivity contribution in [1.29, 1.82) is 0 Å². The van der Waals surface area contributed by atoms with Crippen LogP contribution in [0.3, 0.4) is 0 Å². The van der Waals surface area contributed by atoms with Gasteiger partial charge in [-0.25, -0.2) is 0 Å². The van der Waals surface area contributed by atoms with Crippen molar-refractivity contribution in [3.05, 3.63) is 29.8 Å². The first-order valence-corrected chi connectivity index (χ1v) is 6.70. The van der Waals surface area contributed by atoms with Gasteiger partial charge in [-0.15, -0.1) is 0 Å². The summed E-state index contributed by atoms with van der Waals surface area (Å²) >= 11 is 0. The predicted molar refractivity (Wildman–Crippen MR) is 73.8 cm³/mol. The lowest BCUT2D eigenvalue weighted by molar-refractivity contribution is 0.0188. The van der Waals surface area contributed by atoms with Crippen LogP contribution in [0.1, 0.15) is 23.7 Å². The number of rotatable bonds is 5. The van der Waals surface area contributed by atoms with Gasteiger partial charge in [0.05, 0.1) is 20.3 Å². The maximum atomic E-state index is 12.2. The quantitative estimate of drug-likeness (QED) is 0.762. The number of carbonyl (C=O) groups excluding carboxylic acids is 1. The summed E-state index contributed by atoms with van der Waals surface area (Å²) in [4.78, 5) is 14.5. The number of benzene rings is 1. The van der Waals surface area contributed by atoms with E-state index in [9.17, 15) is 4.79 Å². The Kier molecular flexibility index (Phi) is 4.93. The fourth-order valence-electron chi connectivity index (χ4n) is 2.31. The SMILES string of the molecule is COc1ccc(C(=O)CC(C)N2CCOCC2)cc1. The molecule has 0 aliphatic carbocycles. The molecule has 1 fully saturated rings. The van der Waals surface area contributed by atoms with Crippen molar-refractivity contribution >= 4 is 5.78 Å². The maximum Gasteiger partial charge on any atom is 0.164 e. The van der Waals surface area contributed by atoms with E-state index in [1.54, 1.807) is 7.11 Å². The number of methoxy groups -OCH3 is 1. The molecule has 1 aliphatic rings. The zero-order chi connectivity index (χ0) is 13.7. The lowest BCUT2D eigenvalue weighted by atomic mass is 10.0. The van der Waals surface area contributed by atoms with Gasteiger partial charge in [0.15, 0.2) is 5.78 Å². The summed E-state index contributed by atoms with van der Waals surface area (Å²) in [6.07, 6.45) is 0.548. The van der Waals surface area contributed by atoms with Crippen molar-refractivity contribution in [1.82, 2.24) is 4.90 Å². The van der Waals surface area contributed by atoms with Gasteiger partial charge in [-0.05, 0) is 31.2 Å². The summed E-state index contributed by atoms with van der Waals surface area (Å²) in [6, 6.07) is 7.57. The van der Waals surface area contributed by atoms with Crippen molar-refractivity contribution in [3.8, 4) is 5.75 Å². The van der Waals surface area contributed by atoms with Crippen LogP contribution in [0.25, 0.3) is 0 Å². The molecule has 0 spiro atoms. The highest BCUT2D eigenvalue weighted by atomic mass is 16.5. The summed E-state index contributed by atoms with van der Waals surface area (Å²) in [5.74, 6) is 0.958. The molecule has 2 rings (SSSR count). The number of hydrogen-bond acceptors (Lipinski definition) is 4. The minimum Gasteiger partial charge on any atom is -0.497 e. The van der Waals surface area contributed by atoms with Crippen LogP contribution in [0.4, 0.5) is 0 Å². The van der Waals surface area contributed by atoms with E-state index in [1.165, 1.54) is 0 Å². The molecule has 0 radical (unpaired) electrons. The number of nitrogens with zero attached hydrogens (tertiary/aromatic N) is 1. The Bertz CT molecular complexity index is 410. The van der Waals surface area contributed by atoms with E-state index in [2.05, 4.69) is 11.8 Å².